The van der Waals surface area contributed by atoms with Crippen LogP contribution in [0.25, 0.3) is 11.2 Å². The van der Waals surface area contributed by atoms with Gasteiger partial charge in [0.25, 0.3) is 5.56 Å². The highest BCUT2D eigenvalue weighted by atomic mass is 16.2. The summed E-state index contributed by atoms with van der Waals surface area (Å²) in [7, 11) is 0. The van der Waals surface area contributed by atoms with Gasteiger partial charge in [0.05, 0.1) is 6.54 Å². The average molecular weight is 497 g/mol. The van der Waals surface area contributed by atoms with Crippen LogP contribution in [0.1, 0.15) is 36.5 Å². The number of para-hydroxylation sites is 1. The smallest absolute Gasteiger partial charge is 0.319 e. The first kappa shape index (κ1) is 24.5. The second kappa shape index (κ2) is 10.8. The van der Waals surface area contributed by atoms with Crippen molar-refractivity contribution < 1.29 is 4.79 Å². The van der Waals surface area contributed by atoms with E-state index in [-0.39, 0.29) is 17.6 Å². The minimum absolute atomic E-state index is 0.0296. The Labute approximate surface area is 216 Å². The Morgan fingerprint density at radius 1 is 1.03 bits per heavy atom. The Kier molecular flexibility index (Phi) is 7.16. The minimum Gasteiger partial charge on any atom is -0.352 e. The maximum absolute atomic E-state index is 13.6. The molecule has 190 valence electrons. The highest BCUT2D eigenvalue weighted by Crippen LogP contribution is 2.20. The topological polar surface area (TPSA) is 92.2 Å². The van der Waals surface area contributed by atoms with Crippen molar-refractivity contribution in [2.24, 2.45) is 0 Å². The molecule has 8 nitrogen and oxygen atoms in total. The number of hydrogen-bond donors (Lipinski definition) is 2. The van der Waals surface area contributed by atoms with Gasteiger partial charge in [0.15, 0.2) is 11.5 Å². The lowest BCUT2D eigenvalue weighted by Crippen LogP contribution is -2.47. The van der Waals surface area contributed by atoms with Crippen LogP contribution in [0, 0.1) is 6.92 Å². The van der Waals surface area contributed by atoms with Gasteiger partial charge in [-0.1, -0.05) is 55.0 Å². The van der Waals surface area contributed by atoms with Crippen molar-refractivity contribution >= 4 is 28.7 Å². The molecule has 0 radical (unpaired) electrons. The highest BCUT2D eigenvalue weighted by molar-refractivity contribution is 5.90. The third-order valence-corrected chi connectivity index (χ3v) is 6.92. The Balaban J connectivity index is 1.30. The summed E-state index contributed by atoms with van der Waals surface area (Å²) in [6.45, 7) is 5.81. The molecule has 5 rings (SSSR count). The molecule has 0 unspecified atom stereocenters. The SMILES string of the molecule is CCc1ccccc1NC(=O)NC1CCN(c2nc3cccnc3n(Cc3ccc(C)cc3)c2=O)CC1. The van der Waals surface area contributed by atoms with Crippen LogP contribution in [-0.2, 0) is 13.0 Å². The fourth-order valence-corrected chi connectivity index (χ4v) is 4.82. The molecule has 2 amide bonds. The minimum atomic E-state index is -0.199. The molecule has 1 aliphatic rings. The number of benzene rings is 2. The van der Waals surface area contributed by atoms with Gasteiger partial charge in [0.1, 0.15) is 5.52 Å². The van der Waals surface area contributed by atoms with Crippen LogP contribution in [-0.4, -0.2) is 39.7 Å². The molecule has 4 aromatic rings. The molecule has 2 aromatic carbocycles. The van der Waals surface area contributed by atoms with Crippen LogP contribution in [0.15, 0.2) is 71.7 Å². The molecule has 0 aliphatic carbocycles. The number of aryl methyl sites for hydroxylation is 2. The lowest BCUT2D eigenvalue weighted by molar-refractivity contribution is 0.246. The normalized spacial score (nSPS) is 14.1. The number of piperidine rings is 1. The molecule has 1 fully saturated rings. The number of nitrogens with one attached hydrogen (secondary N) is 2. The molecule has 1 saturated heterocycles. The number of anilines is 2. The molecule has 0 saturated carbocycles. The van der Waals surface area contributed by atoms with E-state index in [9.17, 15) is 9.59 Å². The van der Waals surface area contributed by atoms with E-state index in [0.717, 1.165) is 36.1 Å². The average Bonchev–Trinajstić information content (AvgIpc) is 2.92. The molecule has 3 heterocycles. The van der Waals surface area contributed by atoms with Gasteiger partial charge in [-0.05, 0) is 55.5 Å². The summed E-state index contributed by atoms with van der Waals surface area (Å²) >= 11 is 0. The number of urea groups is 1. The number of hydrogen-bond acceptors (Lipinski definition) is 5. The zero-order valence-corrected chi connectivity index (χ0v) is 21.3. The van der Waals surface area contributed by atoms with Gasteiger partial charge >= 0.3 is 6.03 Å². The van der Waals surface area contributed by atoms with Crippen LogP contribution in [0.3, 0.4) is 0 Å². The standard InChI is InChI=1S/C29H32N6O2/c1-3-22-7-4-5-8-24(22)33-29(37)31-23-14-17-34(18-15-23)27-28(36)35(19-21-12-10-20(2)11-13-21)26-25(32-27)9-6-16-30-26/h4-13,16,23H,3,14-15,17-19H2,1-2H3,(H2,31,33,37). The van der Waals surface area contributed by atoms with E-state index < -0.39 is 0 Å². The third kappa shape index (κ3) is 5.48. The van der Waals surface area contributed by atoms with Crippen LogP contribution >= 0.6 is 0 Å². The van der Waals surface area contributed by atoms with Crippen LogP contribution in [0.2, 0.25) is 0 Å². The van der Waals surface area contributed by atoms with Gasteiger partial charge in [-0.2, -0.15) is 0 Å². The van der Waals surface area contributed by atoms with Crippen LogP contribution in [0.5, 0.6) is 0 Å². The van der Waals surface area contributed by atoms with Crippen molar-refractivity contribution in [1.29, 1.82) is 0 Å². The van der Waals surface area contributed by atoms with Gasteiger partial charge in [-0.25, -0.2) is 14.8 Å². The summed E-state index contributed by atoms with van der Waals surface area (Å²) in [6, 6.07) is 19.6. The maximum Gasteiger partial charge on any atom is 0.319 e. The summed E-state index contributed by atoms with van der Waals surface area (Å²) in [5, 5.41) is 6.07. The molecular formula is C29H32N6O2. The van der Waals surface area contributed by atoms with E-state index in [1.165, 1.54) is 5.56 Å². The monoisotopic (exact) mass is 496 g/mol. The number of carbonyl (C=O) groups excluding carboxylic acids is 1. The Morgan fingerprint density at radius 3 is 2.54 bits per heavy atom. The quantitative estimate of drug-likeness (QED) is 0.410. The Morgan fingerprint density at radius 2 is 1.78 bits per heavy atom. The first-order valence-corrected chi connectivity index (χ1v) is 12.8. The van der Waals surface area contributed by atoms with E-state index in [0.29, 0.717) is 36.6 Å². The molecule has 1 aliphatic heterocycles. The van der Waals surface area contributed by atoms with Crippen molar-refractivity contribution in [3.05, 3.63) is 93.9 Å². The number of pyridine rings is 1. The largest absolute Gasteiger partial charge is 0.352 e. The first-order valence-electron chi connectivity index (χ1n) is 12.8. The fourth-order valence-electron chi connectivity index (χ4n) is 4.82. The number of nitrogens with zero attached hydrogens (tertiary/aromatic N) is 4. The van der Waals surface area contributed by atoms with Crippen LogP contribution in [0.4, 0.5) is 16.3 Å². The summed E-state index contributed by atoms with van der Waals surface area (Å²) in [6.07, 6.45) is 4.00. The fraction of sp³-hybridized carbons (Fsp3) is 0.310. The first-order chi connectivity index (χ1) is 18.0. The molecule has 8 heteroatoms. The van der Waals surface area contributed by atoms with Crippen molar-refractivity contribution in [1.82, 2.24) is 19.9 Å². The predicted octanol–water partition coefficient (Wildman–Crippen LogP) is 4.50. The number of rotatable bonds is 6. The van der Waals surface area contributed by atoms with Crippen molar-refractivity contribution in [3.8, 4) is 0 Å². The van der Waals surface area contributed by atoms with E-state index in [1.807, 2.05) is 72.5 Å². The number of amides is 2. The maximum atomic E-state index is 13.6. The van der Waals surface area contributed by atoms with Gasteiger partial charge < -0.3 is 15.5 Å². The highest BCUT2D eigenvalue weighted by Gasteiger charge is 2.25. The van der Waals surface area contributed by atoms with E-state index in [2.05, 4.69) is 22.5 Å². The zero-order chi connectivity index (χ0) is 25.8. The van der Waals surface area contributed by atoms with E-state index in [1.54, 1.807) is 10.8 Å². The molecule has 37 heavy (non-hydrogen) atoms. The molecule has 0 spiro atoms. The summed E-state index contributed by atoms with van der Waals surface area (Å²) < 4.78 is 1.71. The molecule has 2 aromatic heterocycles. The molecule has 0 atom stereocenters. The van der Waals surface area contributed by atoms with Crippen molar-refractivity contribution in [3.63, 3.8) is 0 Å². The van der Waals surface area contributed by atoms with E-state index in [4.69, 9.17) is 4.98 Å². The van der Waals surface area contributed by atoms with Gasteiger partial charge in [0, 0.05) is 31.0 Å². The second-order valence-corrected chi connectivity index (χ2v) is 9.53. The predicted molar refractivity (Wildman–Crippen MR) is 147 cm³/mol. The second-order valence-electron chi connectivity index (χ2n) is 9.53. The summed E-state index contributed by atoms with van der Waals surface area (Å²) in [4.78, 5) is 37.4. The number of fused-ring (bicyclic) bond motifs is 1. The summed E-state index contributed by atoms with van der Waals surface area (Å²) in [5.41, 5.74) is 5.28. The lowest BCUT2D eigenvalue weighted by atomic mass is 10.1. The Hall–Kier alpha value is -4.20. The lowest BCUT2D eigenvalue weighted by Gasteiger charge is -2.33. The Bertz CT molecular complexity index is 1460. The summed E-state index contributed by atoms with van der Waals surface area (Å²) in [5.74, 6) is 0.437. The van der Waals surface area contributed by atoms with Crippen molar-refractivity contribution in [2.75, 3.05) is 23.3 Å². The zero-order valence-electron chi connectivity index (χ0n) is 21.3. The van der Waals surface area contributed by atoms with Crippen molar-refractivity contribution in [2.45, 2.75) is 45.7 Å². The van der Waals surface area contributed by atoms with Gasteiger partial charge in [-0.3, -0.25) is 9.36 Å². The molecular weight excluding hydrogens is 464 g/mol. The number of aromatic nitrogens is 3. The molecule has 0 bridgehead atoms. The number of carbonyl (C=O) groups is 1. The van der Waals surface area contributed by atoms with Gasteiger partial charge in [-0.15, -0.1) is 0 Å². The van der Waals surface area contributed by atoms with E-state index >= 15 is 0 Å². The molecule has 2 N–H and O–H groups in total. The van der Waals surface area contributed by atoms with Crippen LogP contribution < -0.4 is 21.1 Å². The third-order valence-electron chi connectivity index (χ3n) is 6.92. The van der Waals surface area contributed by atoms with Gasteiger partial charge in [0.2, 0.25) is 0 Å².